The fourth-order valence-corrected chi connectivity index (χ4v) is 2.20. The predicted molar refractivity (Wildman–Crippen MR) is 60.3 cm³/mol. The third-order valence-corrected chi connectivity index (χ3v) is 3.26. The molecule has 1 heterocycles. The molecule has 0 aromatic carbocycles. The molecule has 0 unspecified atom stereocenters. The number of rotatable bonds is 6. The molecule has 3 nitrogen and oxygen atoms in total. The third kappa shape index (κ3) is 3.61. The van der Waals surface area contributed by atoms with Crippen molar-refractivity contribution in [2.75, 3.05) is 13.1 Å². The van der Waals surface area contributed by atoms with Gasteiger partial charge in [0, 0.05) is 31.4 Å². The average molecular weight is 221 g/mol. The summed E-state index contributed by atoms with van der Waals surface area (Å²) in [6, 6.07) is 2.21. The van der Waals surface area contributed by atoms with E-state index >= 15 is 0 Å². The van der Waals surface area contributed by atoms with Crippen LogP contribution in [-0.4, -0.2) is 23.0 Å². The molecule has 0 spiro atoms. The first-order chi connectivity index (χ1) is 7.38. The van der Waals surface area contributed by atoms with E-state index in [1.165, 1.54) is 12.8 Å². The minimum absolute atomic E-state index is 0.622. The summed E-state index contributed by atoms with van der Waals surface area (Å²) in [6.07, 6.45) is 3.34. The topological polar surface area (TPSA) is 39.9 Å². The second kappa shape index (κ2) is 5.24. The van der Waals surface area contributed by atoms with Crippen LogP contribution >= 0.6 is 11.3 Å². The highest BCUT2D eigenvalue weighted by atomic mass is 32.1. The number of aromatic nitrogens is 1. The highest BCUT2D eigenvalue weighted by Crippen LogP contribution is 2.30. The van der Waals surface area contributed by atoms with E-state index < -0.39 is 0 Å². The molecule has 0 bridgehead atoms. The summed E-state index contributed by atoms with van der Waals surface area (Å²) in [7, 11) is 0. The Morgan fingerprint density at radius 1 is 1.60 bits per heavy atom. The quantitative estimate of drug-likeness (QED) is 0.739. The molecule has 1 aliphatic rings. The maximum Gasteiger partial charge on any atom is 0.0795 e. The van der Waals surface area contributed by atoms with Gasteiger partial charge in [-0.15, -0.1) is 11.3 Å². The lowest BCUT2D eigenvalue weighted by atomic mass is 10.3. The van der Waals surface area contributed by atoms with Crippen LogP contribution in [0.4, 0.5) is 0 Å². The van der Waals surface area contributed by atoms with Gasteiger partial charge in [0.2, 0.25) is 0 Å². The molecular formula is C11H15N3S. The maximum atomic E-state index is 8.60. The first-order valence-electron chi connectivity index (χ1n) is 5.35. The van der Waals surface area contributed by atoms with Crippen molar-refractivity contribution in [2.45, 2.75) is 25.8 Å². The molecule has 1 aliphatic carbocycles. The van der Waals surface area contributed by atoms with E-state index in [0.717, 1.165) is 31.2 Å². The summed E-state index contributed by atoms with van der Waals surface area (Å²) in [5.74, 6) is 0.877. The van der Waals surface area contributed by atoms with Crippen LogP contribution in [0.1, 0.15) is 25.0 Å². The normalized spacial score (nSPS) is 15.5. The maximum absolute atomic E-state index is 8.60. The molecule has 1 saturated carbocycles. The van der Waals surface area contributed by atoms with E-state index in [2.05, 4.69) is 21.3 Å². The van der Waals surface area contributed by atoms with Crippen molar-refractivity contribution in [1.29, 1.82) is 5.26 Å². The molecule has 0 radical (unpaired) electrons. The van der Waals surface area contributed by atoms with E-state index in [-0.39, 0.29) is 0 Å². The molecule has 80 valence electrons. The molecule has 0 atom stereocenters. The Bertz CT molecular complexity index is 324. The minimum atomic E-state index is 0.622. The van der Waals surface area contributed by atoms with Crippen LogP contribution < -0.4 is 0 Å². The second-order valence-electron chi connectivity index (χ2n) is 4.07. The van der Waals surface area contributed by atoms with Gasteiger partial charge in [0.1, 0.15) is 0 Å². The molecule has 4 heteroatoms. The van der Waals surface area contributed by atoms with Crippen molar-refractivity contribution in [3.63, 3.8) is 0 Å². The smallest absolute Gasteiger partial charge is 0.0795 e. The van der Waals surface area contributed by atoms with Gasteiger partial charge in [0.05, 0.1) is 17.3 Å². The van der Waals surface area contributed by atoms with Crippen molar-refractivity contribution in [2.24, 2.45) is 5.92 Å². The summed E-state index contributed by atoms with van der Waals surface area (Å²) in [4.78, 5) is 6.64. The monoisotopic (exact) mass is 221 g/mol. The lowest BCUT2D eigenvalue weighted by Crippen LogP contribution is -2.26. The number of hydrogen-bond acceptors (Lipinski definition) is 4. The van der Waals surface area contributed by atoms with Crippen LogP contribution in [0.2, 0.25) is 0 Å². The third-order valence-electron chi connectivity index (χ3n) is 2.62. The average Bonchev–Trinajstić information content (AvgIpc) is 2.90. The Morgan fingerprint density at radius 2 is 2.47 bits per heavy atom. The molecule has 0 amide bonds. The Morgan fingerprint density at radius 3 is 3.07 bits per heavy atom. The number of nitriles is 1. The van der Waals surface area contributed by atoms with Crippen LogP contribution in [0, 0.1) is 17.2 Å². The van der Waals surface area contributed by atoms with Gasteiger partial charge >= 0.3 is 0 Å². The van der Waals surface area contributed by atoms with E-state index in [0.29, 0.717) is 6.42 Å². The largest absolute Gasteiger partial charge is 0.296 e. The SMILES string of the molecule is N#CCCN(Cc1cscn1)CC1CC1. The van der Waals surface area contributed by atoms with Crippen LogP contribution in [0.15, 0.2) is 10.9 Å². The van der Waals surface area contributed by atoms with Gasteiger partial charge in [-0.25, -0.2) is 4.98 Å². The molecule has 0 aliphatic heterocycles. The van der Waals surface area contributed by atoms with Crippen LogP contribution in [0.25, 0.3) is 0 Å². The Kier molecular flexibility index (Phi) is 3.70. The highest BCUT2D eigenvalue weighted by Gasteiger charge is 2.24. The van der Waals surface area contributed by atoms with Crippen LogP contribution in [-0.2, 0) is 6.54 Å². The van der Waals surface area contributed by atoms with E-state index in [1.54, 1.807) is 11.3 Å². The van der Waals surface area contributed by atoms with Gasteiger partial charge in [0.15, 0.2) is 0 Å². The van der Waals surface area contributed by atoms with Gasteiger partial charge in [0.25, 0.3) is 0 Å². The van der Waals surface area contributed by atoms with Crippen molar-refractivity contribution in [3.05, 3.63) is 16.6 Å². The minimum Gasteiger partial charge on any atom is -0.296 e. The number of hydrogen-bond donors (Lipinski definition) is 0. The summed E-state index contributed by atoms with van der Waals surface area (Å²) in [6.45, 7) is 2.92. The van der Waals surface area contributed by atoms with Crippen LogP contribution in [0.3, 0.4) is 0 Å². The molecule has 0 N–H and O–H groups in total. The summed E-state index contributed by atoms with van der Waals surface area (Å²) < 4.78 is 0. The van der Waals surface area contributed by atoms with Gasteiger partial charge in [-0.2, -0.15) is 5.26 Å². The fraction of sp³-hybridized carbons (Fsp3) is 0.636. The first kappa shape index (κ1) is 10.6. The van der Waals surface area contributed by atoms with Gasteiger partial charge < -0.3 is 0 Å². The second-order valence-corrected chi connectivity index (χ2v) is 4.79. The fourth-order valence-electron chi connectivity index (χ4n) is 1.65. The van der Waals surface area contributed by atoms with Crippen molar-refractivity contribution >= 4 is 11.3 Å². The van der Waals surface area contributed by atoms with Gasteiger partial charge in [-0.3, -0.25) is 4.90 Å². The van der Waals surface area contributed by atoms with Crippen LogP contribution in [0.5, 0.6) is 0 Å². The summed E-state index contributed by atoms with van der Waals surface area (Å²) >= 11 is 1.64. The first-order valence-corrected chi connectivity index (χ1v) is 6.29. The van der Waals surface area contributed by atoms with Gasteiger partial charge in [-0.05, 0) is 18.8 Å². The Labute approximate surface area is 94.4 Å². The zero-order chi connectivity index (χ0) is 10.5. The molecule has 0 saturated heterocycles. The molecule has 1 aromatic heterocycles. The molecule has 1 aromatic rings. The van der Waals surface area contributed by atoms with Crippen molar-refractivity contribution in [3.8, 4) is 6.07 Å². The number of thiazole rings is 1. The molecule has 2 rings (SSSR count). The van der Waals surface area contributed by atoms with E-state index in [4.69, 9.17) is 5.26 Å². The van der Waals surface area contributed by atoms with Crippen molar-refractivity contribution in [1.82, 2.24) is 9.88 Å². The molecule has 15 heavy (non-hydrogen) atoms. The zero-order valence-corrected chi connectivity index (χ0v) is 9.54. The standard InChI is InChI=1S/C11H15N3S/c12-4-1-5-14(6-10-2-3-10)7-11-8-15-9-13-11/h8-10H,1-3,5-7H2. The zero-order valence-electron chi connectivity index (χ0n) is 8.72. The van der Waals surface area contributed by atoms with E-state index in [1.807, 2.05) is 5.51 Å². The lowest BCUT2D eigenvalue weighted by Gasteiger charge is -2.19. The molecule has 1 fully saturated rings. The summed E-state index contributed by atoms with van der Waals surface area (Å²) in [5, 5.41) is 10.7. The van der Waals surface area contributed by atoms with Crippen molar-refractivity contribution < 1.29 is 0 Å². The predicted octanol–water partition coefficient (Wildman–Crippen LogP) is 2.27. The number of nitrogens with zero attached hydrogens (tertiary/aromatic N) is 3. The Balaban J connectivity index is 1.83. The lowest BCUT2D eigenvalue weighted by molar-refractivity contribution is 0.258. The molecular weight excluding hydrogens is 206 g/mol. The summed E-state index contributed by atoms with van der Waals surface area (Å²) in [5.41, 5.74) is 3.01. The Hall–Kier alpha value is -0.920. The van der Waals surface area contributed by atoms with Gasteiger partial charge in [-0.1, -0.05) is 0 Å². The van der Waals surface area contributed by atoms with E-state index in [9.17, 15) is 0 Å². The highest BCUT2D eigenvalue weighted by molar-refractivity contribution is 7.07.